The quantitative estimate of drug-likeness (QED) is 0.512. The van der Waals surface area contributed by atoms with Crippen LogP contribution in [0.15, 0.2) is 47.6 Å². The van der Waals surface area contributed by atoms with Crippen LogP contribution in [-0.4, -0.2) is 40.2 Å². The smallest absolute Gasteiger partial charge is 0.233 e. The maximum Gasteiger partial charge on any atom is 0.233 e. The van der Waals surface area contributed by atoms with E-state index in [1.165, 1.54) is 22.9 Å². The number of amides is 1. The van der Waals surface area contributed by atoms with Gasteiger partial charge in [-0.05, 0) is 42.7 Å². The maximum atomic E-state index is 12.6. The SMILES string of the molecule is COc1ccc2nc(SCC(=O)N3CCc4ccccc4C3)nc(C)c2c1. The predicted octanol–water partition coefficient (Wildman–Crippen LogP) is 3.62. The molecule has 0 unspecified atom stereocenters. The number of rotatable bonds is 4. The van der Waals surface area contributed by atoms with Gasteiger partial charge < -0.3 is 9.64 Å². The Morgan fingerprint density at radius 2 is 2.00 bits per heavy atom. The van der Waals surface area contributed by atoms with E-state index in [-0.39, 0.29) is 5.91 Å². The summed E-state index contributed by atoms with van der Waals surface area (Å²) in [5.41, 5.74) is 4.35. The molecular formula is C21H21N3O2S. The van der Waals surface area contributed by atoms with E-state index in [9.17, 15) is 4.79 Å². The molecule has 1 aliphatic rings. The third-order valence-corrected chi connectivity index (χ3v) is 5.71. The van der Waals surface area contributed by atoms with Crippen molar-refractivity contribution in [3.05, 3.63) is 59.3 Å². The summed E-state index contributed by atoms with van der Waals surface area (Å²) >= 11 is 1.40. The van der Waals surface area contributed by atoms with Crippen LogP contribution in [-0.2, 0) is 17.8 Å². The molecule has 5 nitrogen and oxygen atoms in total. The van der Waals surface area contributed by atoms with Crippen molar-refractivity contribution >= 4 is 28.6 Å². The van der Waals surface area contributed by atoms with Gasteiger partial charge in [0, 0.05) is 24.2 Å². The molecule has 0 saturated carbocycles. The molecule has 0 N–H and O–H groups in total. The zero-order valence-electron chi connectivity index (χ0n) is 15.4. The molecule has 0 spiro atoms. The highest BCUT2D eigenvalue weighted by atomic mass is 32.2. The van der Waals surface area contributed by atoms with Crippen molar-refractivity contribution in [2.45, 2.75) is 25.0 Å². The maximum absolute atomic E-state index is 12.6. The Bertz CT molecular complexity index is 1010. The fourth-order valence-electron chi connectivity index (χ4n) is 3.35. The van der Waals surface area contributed by atoms with Crippen LogP contribution in [0.3, 0.4) is 0 Å². The Hall–Kier alpha value is -2.60. The molecule has 0 atom stereocenters. The summed E-state index contributed by atoms with van der Waals surface area (Å²) in [4.78, 5) is 23.7. The van der Waals surface area contributed by atoms with Crippen LogP contribution < -0.4 is 4.74 Å². The van der Waals surface area contributed by atoms with Crippen molar-refractivity contribution in [1.82, 2.24) is 14.9 Å². The van der Waals surface area contributed by atoms with Gasteiger partial charge in [-0.1, -0.05) is 36.0 Å². The summed E-state index contributed by atoms with van der Waals surface area (Å²) in [6, 6.07) is 14.1. The lowest BCUT2D eigenvalue weighted by atomic mass is 10.00. The summed E-state index contributed by atoms with van der Waals surface area (Å²) in [5.74, 6) is 1.27. The first-order valence-electron chi connectivity index (χ1n) is 8.94. The number of carbonyl (C=O) groups excluding carboxylic acids is 1. The van der Waals surface area contributed by atoms with Gasteiger partial charge in [-0.3, -0.25) is 4.79 Å². The monoisotopic (exact) mass is 379 g/mol. The molecule has 2 heterocycles. The Kier molecular flexibility index (Phi) is 4.99. The highest BCUT2D eigenvalue weighted by Crippen LogP contribution is 2.25. The van der Waals surface area contributed by atoms with Gasteiger partial charge in [0.1, 0.15) is 5.75 Å². The van der Waals surface area contributed by atoms with E-state index in [1.54, 1.807) is 7.11 Å². The minimum atomic E-state index is 0.130. The molecule has 4 rings (SSSR count). The van der Waals surface area contributed by atoms with Crippen LogP contribution in [0, 0.1) is 6.92 Å². The topological polar surface area (TPSA) is 55.3 Å². The Morgan fingerprint density at radius 1 is 1.19 bits per heavy atom. The minimum absolute atomic E-state index is 0.130. The molecule has 138 valence electrons. The van der Waals surface area contributed by atoms with Gasteiger partial charge in [-0.15, -0.1) is 0 Å². The number of hydrogen-bond donors (Lipinski definition) is 0. The molecule has 6 heteroatoms. The molecule has 2 aromatic carbocycles. The zero-order valence-corrected chi connectivity index (χ0v) is 16.3. The molecule has 0 aliphatic carbocycles. The number of hydrogen-bond acceptors (Lipinski definition) is 5. The Balaban J connectivity index is 1.45. The van der Waals surface area contributed by atoms with Crippen LogP contribution in [0.2, 0.25) is 0 Å². The van der Waals surface area contributed by atoms with E-state index in [4.69, 9.17) is 4.74 Å². The van der Waals surface area contributed by atoms with Gasteiger partial charge in [0.25, 0.3) is 0 Å². The number of nitrogens with zero attached hydrogens (tertiary/aromatic N) is 3. The summed E-state index contributed by atoms with van der Waals surface area (Å²) in [5, 5.41) is 1.61. The second kappa shape index (κ2) is 7.56. The van der Waals surface area contributed by atoms with Crippen molar-refractivity contribution < 1.29 is 9.53 Å². The number of aromatic nitrogens is 2. The lowest BCUT2D eigenvalue weighted by molar-refractivity contribution is -0.129. The summed E-state index contributed by atoms with van der Waals surface area (Å²) < 4.78 is 5.27. The first-order valence-corrected chi connectivity index (χ1v) is 9.92. The lowest BCUT2D eigenvalue weighted by Gasteiger charge is -2.28. The largest absolute Gasteiger partial charge is 0.497 e. The third-order valence-electron chi connectivity index (χ3n) is 4.88. The van der Waals surface area contributed by atoms with Crippen LogP contribution in [0.1, 0.15) is 16.8 Å². The van der Waals surface area contributed by atoms with Crippen LogP contribution in [0.4, 0.5) is 0 Å². The molecule has 0 radical (unpaired) electrons. The van der Waals surface area contributed by atoms with E-state index >= 15 is 0 Å². The number of thioether (sulfide) groups is 1. The van der Waals surface area contributed by atoms with Crippen LogP contribution in [0.5, 0.6) is 5.75 Å². The number of methoxy groups -OCH3 is 1. The van der Waals surface area contributed by atoms with Gasteiger partial charge in [0.2, 0.25) is 5.91 Å². The molecule has 1 amide bonds. The number of benzene rings is 2. The third kappa shape index (κ3) is 3.76. The Morgan fingerprint density at radius 3 is 2.81 bits per heavy atom. The molecule has 0 fully saturated rings. The van der Waals surface area contributed by atoms with E-state index < -0.39 is 0 Å². The second-order valence-electron chi connectivity index (χ2n) is 6.60. The second-order valence-corrected chi connectivity index (χ2v) is 7.54. The highest BCUT2D eigenvalue weighted by molar-refractivity contribution is 7.99. The number of carbonyl (C=O) groups is 1. The van der Waals surface area contributed by atoms with Crippen LogP contribution in [0.25, 0.3) is 10.9 Å². The summed E-state index contributed by atoms with van der Waals surface area (Å²) in [6.07, 6.45) is 0.917. The minimum Gasteiger partial charge on any atom is -0.497 e. The molecule has 0 bridgehead atoms. The molecule has 1 aliphatic heterocycles. The van der Waals surface area contributed by atoms with Gasteiger partial charge >= 0.3 is 0 Å². The average Bonchev–Trinajstić information content (AvgIpc) is 2.71. The molecular weight excluding hydrogens is 358 g/mol. The molecule has 27 heavy (non-hydrogen) atoms. The van der Waals surface area contributed by atoms with E-state index in [2.05, 4.69) is 28.2 Å². The molecule has 1 aromatic heterocycles. The fourth-order valence-corrected chi connectivity index (χ4v) is 4.15. The average molecular weight is 379 g/mol. The van der Waals surface area contributed by atoms with Gasteiger partial charge in [-0.2, -0.15) is 0 Å². The number of ether oxygens (including phenoxy) is 1. The first kappa shape index (κ1) is 17.8. The summed E-state index contributed by atoms with van der Waals surface area (Å²) in [6.45, 7) is 3.41. The first-order chi connectivity index (χ1) is 13.1. The van der Waals surface area contributed by atoms with E-state index in [0.717, 1.165) is 35.3 Å². The van der Waals surface area contributed by atoms with E-state index in [1.807, 2.05) is 36.1 Å². The standard InChI is InChI=1S/C21H21N3O2S/c1-14-18-11-17(26-2)7-8-19(18)23-21(22-14)27-13-20(25)24-10-9-15-5-3-4-6-16(15)12-24/h3-8,11H,9-10,12-13H2,1-2H3. The number of aryl methyl sites for hydroxylation is 1. The Labute approximate surface area is 162 Å². The number of fused-ring (bicyclic) bond motifs is 2. The van der Waals surface area contributed by atoms with Crippen molar-refractivity contribution in [2.75, 3.05) is 19.4 Å². The normalized spacial score (nSPS) is 13.5. The lowest BCUT2D eigenvalue weighted by Crippen LogP contribution is -2.37. The molecule has 3 aromatic rings. The van der Waals surface area contributed by atoms with Crippen molar-refractivity contribution in [1.29, 1.82) is 0 Å². The summed E-state index contributed by atoms with van der Waals surface area (Å²) in [7, 11) is 1.65. The van der Waals surface area contributed by atoms with Crippen LogP contribution >= 0.6 is 11.8 Å². The van der Waals surface area contributed by atoms with Gasteiger partial charge in [-0.25, -0.2) is 9.97 Å². The zero-order chi connectivity index (χ0) is 18.8. The van der Waals surface area contributed by atoms with Gasteiger partial charge in [0.15, 0.2) is 5.16 Å². The van der Waals surface area contributed by atoms with E-state index in [0.29, 0.717) is 17.5 Å². The fraction of sp³-hybridized carbons (Fsp3) is 0.286. The van der Waals surface area contributed by atoms with Crippen molar-refractivity contribution in [3.63, 3.8) is 0 Å². The highest BCUT2D eigenvalue weighted by Gasteiger charge is 2.20. The molecule has 0 saturated heterocycles. The van der Waals surface area contributed by atoms with Crippen molar-refractivity contribution in [3.8, 4) is 5.75 Å². The van der Waals surface area contributed by atoms with Gasteiger partial charge in [0.05, 0.1) is 18.4 Å². The predicted molar refractivity (Wildman–Crippen MR) is 107 cm³/mol. The van der Waals surface area contributed by atoms with Crippen molar-refractivity contribution in [2.24, 2.45) is 0 Å².